The first-order valence-corrected chi connectivity index (χ1v) is 22.0. The second-order valence-corrected chi connectivity index (χ2v) is 16.6. The van der Waals surface area contributed by atoms with Crippen molar-refractivity contribution in [3.63, 3.8) is 0 Å². The Hall–Kier alpha value is -6.83. The third-order valence-electron chi connectivity index (χ3n) is 11.4. The van der Waals surface area contributed by atoms with Crippen molar-refractivity contribution >= 4 is 30.9 Å². The number of benzene rings is 5. The number of carbonyl (C=O) groups is 1. The van der Waals surface area contributed by atoms with Gasteiger partial charge in [0.2, 0.25) is 5.69 Å². The summed E-state index contributed by atoms with van der Waals surface area (Å²) >= 11 is 0. The fourth-order valence-corrected chi connectivity index (χ4v) is 8.60. The molecule has 0 radical (unpaired) electrons. The van der Waals surface area contributed by atoms with Gasteiger partial charge in [-0.15, -0.1) is 0 Å². The van der Waals surface area contributed by atoms with Gasteiger partial charge < -0.3 is 38.6 Å². The number of carbonyl (C=O) groups excluding carboxylic acids is 1. The van der Waals surface area contributed by atoms with E-state index in [0.717, 1.165) is 60.7 Å². The number of ether oxygens (including phenoxy) is 2. The highest BCUT2D eigenvalue weighted by Crippen LogP contribution is 2.57. The van der Waals surface area contributed by atoms with Gasteiger partial charge >= 0.3 is 12.1 Å². The second-order valence-electron chi connectivity index (χ2n) is 15.5. The van der Waals surface area contributed by atoms with Crippen molar-refractivity contribution in [3.8, 4) is 28.3 Å². The first-order chi connectivity index (χ1) is 30.8. The van der Waals surface area contributed by atoms with E-state index >= 15 is 0 Å². The van der Waals surface area contributed by atoms with Gasteiger partial charge in [-0.05, 0) is 78.2 Å². The van der Waals surface area contributed by atoms with Gasteiger partial charge in [0.15, 0.2) is 30.4 Å². The highest BCUT2D eigenvalue weighted by Gasteiger charge is 2.53. The maximum atomic E-state index is 13.5. The Labute approximate surface area is 366 Å². The number of hydrogen-bond donors (Lipinski definition) is 1. The van der Waals surface area contributed by atoms with Crippen molar-refractivity contribution in [2.75, 3.05) is 23.3 Å². The van der Waals surface area contributed by atoms with Crippen LogP contribution in [-0.2, 0) is 38.8 Å². The molecule has 11 nitrogen and oxygen atoms in total. The predicted octanol–water partition coefficient (Wildman–Crippen LogP) is 8.51. The van der Waals surface area contributed by atoms with Crippen molar-refractivity contribution in [2.24, 2.45) is 0 Å². The van der Waals surface area contributed by atoms with E-state index in [1.165, 1.54) is 6.07 Å². The van der Waals surface area contributed by atoms with E-state index in [-0.39, 0.29) is 12.3 Å². The Balaban J connectivity index is 0.891. The van der Waals surface area contributed by atoms with Crippen LogP contribution in [0.15, 0.2) is 158 Å². The van der Waals surface area contributed by atoms with Gasteiger partial charge in [-0.25, -0.2) is 9.36 Å². The molecule has 0 amide bonds. The van der Waals surface area contributed by atoms with Crippen LogP contribution in [0.25, 0.3) is 16.8 Å². The minimum atomic E-state index is -5.04. The maximum Gasteiger partial charge on any atom is 0.416 e. The average Bonchev–Trinajstić information content (AvgIpc) is 3.59. The van der Waals surface area contributed by atoms with E-state index in [1.54, 1.807) is 48.5 Å². The second kappa shape index (κ2) is 17.0. The summed E-state index contributed by atoms with van der Waals surface area (Å²) in [5.74, 6) is 0.503. The van der Waals surface area contributed by atoms with Crippen molar-refractivity contribution < 1.29 is 55.4 Å². The number of phosphoric ester groups is 1. The number of rotatable bonds is 13. The molecule has 0 saturated carbocycles. The fourth-order valence-electron chi connectivity index (χ4n) is 8.30. The third kappa shape index (κ3) is 8.60. The quantitative estimate of drug-likeness (QED) is 0.0688. The molecule has 2 aromatic heterocycles. The Morgan fingerprint density at radius 2 is 1.48 bits per heavy atom. The van der Waals surface area contributed by atoms with Crippen LogP contribution >= 0.6 is 7.82 Å². The Morgan fingerprint density at radius 3 is 2.20 bits per heavy atom. The molecule has 1 unspecified atom stereocenters. The number of phosphoric acid groups is 1. The van der Waals surface area contributed by atoms with Crippen LogP contribution in [0.5, 0.6) is 11.5 Å². The minimum Gasteiger partial charge on any atom is -0.790 e. The summed E-state index contributed by atoms with van der Waals surface area (Å²) in [6, 6.07) is 38.5. The zero-order valence-corrected chi connectivity index (χ0v) is 35.2. The van der Waals surface area contributed by atoms with Crippen LogP contribution in [0.4, 0.5) is 30.2 Å². The summed E-state index contributed by atoms with van der Waals surface area (Å²) < 4.78 is 72.7. The number of esters is 1. The molecule has 7 aromatic rings. The molecular weight excluding hydrogens is 845 g/mol. The molecule has 2 aliphatic rings. The zero-order chi connectivity index (χ0) is 44.6. The first kappa shape index (κ1) is 42.5. The zero-order valence-electron chi connectivity index (χ0n) is 34.3. The van der Waals surface area contributed by atoms with Crippen LogP contribution in [0, 0.1) is 0 Å². The minimum absolute atomic E-state index is 0.254. The predicted molar refractivity (Wildman–Crippen MR) is 228 cm³/mol. The van der Waals surface area contributed by atoms with E-state index in [9.17, 15) is 32.3 Å². The van der Waals surface area contributed by atoms with Crippen LogP contribution in [-0.4, -0.2) is 19.1 Å². The molecule has 2 aliphatic heterocycles. The average molecular weight is 885 g/mol. The van der Waals surface area contributed by atoms with Crippen LogP contribution in [0.1, 0.15) is 51.5 Å². The Bertz CT molecular complexity index is 2910. The molecular formula is C49H40F3N4O7P. The largest absolute Gasteiger partial charge is 0.790 e. The topological polar surface area (TPSA) is 131 Å². The molecule has 15 heteroatoms. The van der Waals surface area contributed by atoms with Crippen molar-refractivity contribution in [1.82, 2.24) is 0 Å². The number of alkyl halides is 3. The highest BCUT2D eigenvalue weighted by atomic mass is 31.2. The number of nitrogens with one attached hydrogen (secondary N) is 1. The monoisotopic (exact) mass is 884 g/mol. The standard InChI is InChI=1S/C49H40F3N4O7P/c1-2-55(24-6-23-54-25-19-34(20-26-54)35-21-27-56(28-22-35)39-14-11-33(12-15-39)32-61-64(58,59)60)40-16-17-43-46(31-40)62-45-18-13-38(53-37-8-5-7-36(29-37)49(50,51)52)30-44(45)48(43)42-10-4-3-9-41(42)47(57)63-48/h3-5,7-22,25-31,53H,2,6,23-24,32H2,1H3. The Morgan fingerprint density at radius 1 is 0.766 bits per heavy atom. The summed E-state index contributed by atoms with van der Waals surface area (Å²) in [5, 5.41) is 3.09. The lowest BCUT2D eigenvalue weighted by molar-refractivity contribution is -0.697. The number of anilines is 3. The molecule has 1 N–H and O–H groups in total. The number of fused-ring (bicyclic) bond motifs is 6. The van der Waals surface area contributed by atoms with Crippen molar-refractivity contribution in [3.05, 3.63) is 192 Å². The lowest BCUT2D eigenvalue weighted by Crippen LogP contribution is -2.35. The van der Waals surface area contributed by atoms with Crippen molar-refractivity contribution in [2.45, 2.75) is 38.3 Å². The Kier molecular flexibility index (Phi) is 11.3. The molecule has 64 heavy (non-hydrogen) atoms. The summed E-state index contributed by atoms with van der Waals surface area (Å²) in [5.41, 5.74) is 5.33. The SMILES string of the molecule is CCN(CCC[n+]1ccc(-c2cc[n+](-c3ccc(COP(=O)([O-])[O-])cc3)cc2)cc1)c1ccc2c(c1)Oc1ccc(Nc3cccc(C(F)(F)F)c3)cc1C21OC(=O)c2ccccc21. The third-order valence-corrected chi connectivity index (χ3v) is 11.9. The number of aryl methyl sites for hydroxylation is 1. The normalized spacial score (nSPS) is 15.2. The molecule has 324 valence electrons. The van der Waals surface area contributed by atoms with Gasteiger partial charge in [0.1, 0.15) is 18.0 Å². The number of halogens is 3. The summed E-state index contributed by atoms with van der Waals surface area (Å²) in [6.45, 7) is 4.03. The van der Waals surface area contributed by atoms with E-state index in [2.05, 4.69) is 50.8 Å². The molecule has 5 aromatic carbocycles. The fraction of sp³-hybridized carbons (Fsp3) is 0.163. The molecule has 4 heterocycles. The number of hydrogen-bond acceptors (Lipinski definition) is 9. The van der Waals surface area contributed by atoms with E-state index < -0.39 is 31.1 Å². The van der Waals surface area contributed by atoms with Gasteiger partial charge in [-0.3, -0.25) is 0 Å². The maximum absolute atomic E-state index is 13.5. The summed E-state index contributed by atoms with van der Waals surface area (Å²) in [6.07, 6.45) is 4.34. The summed E-state index contributed by atoms with van der Waals surface area (Å²) in [4.78, 5) is 37.3. The number of nitrogens with zero attached hydrogens (tertiary/aromatic N) is 3. The molecule has 0 aliphatic carbocycles. The lowest BCUT2D eigenvalue weighted by atomic mass is 9.77. The molecule has 0 fully saturated rings. The van der Waals surface area contributed by atoms with Crippen LogP contribution < -0.4 is 33.9 Å². The van der Waals surface area contributed by atoms with Gasteiger partial charge in [0.25, 0.3) is 0 Å². The number of pyridine rings is 2. The lowest BCUT2D eigenvalue weighted by Gasteiger charge is -2.37. The van der Waals surface area contributed by atoms with Gasteiger partial charge in [-0.2, -0.15) is 17.7 Å². The van der Waals surface area contributed by atoms with E-state index in [1.807, 2.05) is 71.6 Å². The smallest absolute Gasteiger partial charge is 0.416 e. The number of aromatic nitrogens is 2. The van der Waals surface area contributed by atoms with E-state index in [4.69, 9.17) is 9.47 Å². The van der Waals surface area contributed by atoms with Gasteiger partial charge in [0, 0.05) is 95.7 Å². The molecule has 9 rings (SSSR count). The van der Waals surface area contributed by atoms with Gasteiger partial charge in [0.05, 0.1) is 25.6 Å². The van der Waals surface area contributed by atoms with Crippen LogP contribution in [0.2, 0.25) is 0 Å². The molecule has 0 saturated heterocycles. The first-order valence-electron chi connectivity index (χ1n) is 20.5. The molecule has 0 bridgehead atoms. The molecule has 1 atom stereocenters. The van der Waals surface area contributed by atoms with Gasteiger partial charge in [-0.1, -0.05) is 36.4 Å². The van der Waals surface area contributed by atoms with E-state index in [0.29, 0.717) is 45.0 Å². The highest BCUT2D eigenvalue weighted by molar-refractivity contribution is 7.43. The molecule has 1 spiro atoms. The van der Waals surface area contributed by atoms with Crippen LogP contribution in [0.3, 0.4) is 0 Å². The summed E-state index contributed by atoms with van der Waals surface area (Å²) in [7, 11) is -5.04. The van der Waals surface area contributed by atoms with Crippen molar-refractivity contribution in [1.29, 1.82) is 0 Å².